The van der Waals surface area contributed by atoms with Gasteiger partial charge in [0.15, 0.2) is 0 Å². The summed E-state index contributed by atoms with van der Waals surface area (Å²) in [5.74, 6) is 0. The molecular formula is C15H22ClNO. The lowest BCUT2D eigenvalue weighted by Gasteiger charge is -2.38. The normalized spacial score (nSPS) is 28.1. The smallest absolute Gasteiger partial charge is 0.0671 e. The molecule has 1 aliphatic rings. The molecule has 1 aromatic rings. The predicted molar refractivity (Wildman–Crippen MR) is 77.5 cm³/mol. The molecule has 3 heteroatoms. The van der Waals surface area contributed by atoms with Crippen LogP contribution in [0.15, 0.2) is 18.2 Å². The number of anilines is 1. The van der Waals surface area contributed by atoms with Crippen LogP contribution in [0.2, 0.25) is 5.02 Å². The highest BCUT2D eigenvalue weighted by molar-refractivity contribution is 6.33. The SMILES string of the molecule is CCC1(C)CC(Nc2c(C)cccc2Cl)CCO1. The Bertz CT molecular complexity index is 401. The minimum Gasteiger partial charge on any atom is -0.381 e. The van der Waals surface area contributed by atoms with Gasteiger partial charge in [-0.15, -0.1) is 0 Å². The zero-order valence-electron chi connectivity index (χ0n) is 11.4. The molecule has 0 saturated carbocycles. The van der Waals surface area contributed by atoms with Gasteiger partial charge in [-0.05, 0) is 44.7 Å². The molecule has 0 aliphatic carbocycles. The summed E-state index contributed by atoms with van der Waals surface area (Å²) in [5.41, 5.74) is 2.28. The summed E-state index contributed by atoms with van der Waals surface area (Å²) in [4.78, 5) is 0. The molecule has 0 amide bonds. The molecule has 0 bridgehead atoms. The quantitative estimate of drug-likeness (QED) is 0.876. The molecule has 1 aliphatic heterocycles. The summed E-state index contributed by atoms with van der Waals surface area (Å²) >= 11 is 6.26. The monoisotopic (exact) mass is 267 g/mol. The highest BCUT2D eigenvalue weighted by Gasteiger charge is 2.31. The van der Waals surface area contributed by atoms with E-state index in [0.717, 1.165) is 36.6 Å². The second-order valence-electron chi connectivity index (χ2n) is 5.42. The Hall–Kier alpha value is -0.730. The van der Waals surface area contributed by atoms with E-state index in [-0.39, 0.29) is 5.60 Å². The van der Waals surface area contributed by atoms with Crippen molar-refractivity contribution >= 4 is 17.3 Å². The lowest BCUT2D eigenvalue weighted by Crippen LogP contribution is -2.42. The number of rotatable bonds is 3. The first-order chi connectivity index (χ1) is 8.54. The number of aryl methyl sites for hydroxylation is 1. The Morgan fingerprint density at radius 2 is 2.28 bits per heavy atom. The van der Waals surface area contributed by atoms with Crippen molar-refractivity contribution < 1.29 is 4.74 Å². The highest BCUT2D eigenvalue weighted by Crippen LogP contribution is 2.32. The van der Waals surface area contributed by atoms with E-state index in [0.29, 0.717) is 6.04 Å². The van der Waals surface area contributed by atoms with E-state index >= 15 is 0 Å². The summed E-state index contributed by atoms with van der Waals surface area (Å²) < 4.78 is 5.87. The van der Waals surface area contributed by atoms with Crippen LogP contribution in [0.4, 0.5) is 5.69 Å². The largest absolute Gasteiger partial charge is 0.381 e. The summed E-state index contributed by atoms with van der Waals surface area (Å²) in [7, 11) is 0. The van der Waals surface area contributed by atoms with Gasteiger partial charge >= 0.3 is 0 Å². The number of hydrogen-bond acceptors (Lipinski definition) is 2. The van der Waals surface area contributed by atoms with Gasteiger partial charge in [-0.2, -0.15) is 0 Å². The molecule has 2 unspecified atom stereocenters. The molecule has 100 valence electrons. The Morgan fingerprint density at radius 3 is 2.94 bits per heavy atom. The molecule has 1 saturated heterocycles. The van der Waals surface area contributed by atoms with Crippen molar-refractivity contribution in [3.63, 3.8) is 0 Å². The fraction of sp³-hybridized carbons (Fsp3) is 0.600. The second kappa shape index (κ2) is 5.50. The molecule has 2 rings (SSSR count). The average Bonchev–Trinajstić information content (AvgIpc) is 2.34. The zero-order chi connectivity index (χ0) is 13.2. The van der Waals surface area contributed by atoms with E-state index in [4.69, 9.17) is 16.3 Å². The molecule has 0 spiro atoms. The fourth-order valence-electron chi connectivity index (χ4n) is 2.52. The molecule has 2 atom stereocenters. The minimum absolute atomic E-state index is 0.00504. The number of benzene rings is 1. The third-order valence-electron chi connectivity index (χ3n) is 3.91. The molecule has 1 fully saturated rings. The highest BCUT2D eigenvalue weighted by atomic mass is 35.5. The van der Waals surface area contributed by atoms with Gasteiger partial charge in [0.05, 0.1) is 16.3 Å². The van der Waals surface area contributed by atoms with Crippen LogP contribution in [0, 0.1) is 6.92 Å². The van der Waals surface area contributed by atoms with Crippen LogP contribution in [0.5, 0.6) is 0 Å². The van der Waals surface area contributed by atoms with Gasteiger partial charge in [0, 0.05) is 12.6 Å². The van der Waals surface area contributed by atoms with Crippen LogP contribution in [0.3, 0.4) is 0 Å². The van der Waals surface area contributed by atoms with Gasteiger partial charge in [-0.3, -0.25) is 0 Å². The number of nitrogens with one attached hydrogen (secondary N) is 1. The number of ether oxygens (including phenoxy) is 1. The van der Waals surface area contributed by atoms with Gasteiger partial charge in [-0.25, -0.2) is 0 Å². The van der Waals surface area contributed by atoms with Gasteiger partial charge in [-0.1, -0.05) is 30.7 Å². The fourth-order valence-corrected chi connectivity index (χ4v) is 2.79. The van der Waals surface area contributed by atoms with Crippen LogP contribution in [-0.4, -0.2) is 18.2 Å². The Morgan fingerprint density at radius 1 is 1.50 bits per heavy atom. The van der Waals surface area contributed by atoms with Crippen molar-refractivity contribution in [1.29, 1.82) is 0 Å². The third kappa shape index (κ3) is 2.99. The molecule has 18 heavy (non-hydrogen) atoms. The number of hydrogen-bond donors (Lipinski definition) is 1. The molecule has 0 aromatic heterocycles. The van der Waals surface area contributed by atoms with Crippen molar-refractivity contribution in [2.75, 3.05) is 11.9 Å². The van der Waals surface area contributed by atoms with E-state index in [9.17, 15) is 0 Å². The van der Waals surface area contributed by atoms with Crippen LogP contribution < -0.4 is 5.32 Å². The predicted octanol–water partition coefficient (Wildman–Crippen LogP) is 4.41. The minimum atomic E-state index is 0.00504. The first-order valence-electron chi connectivity index (χ1n) is 6.70. The first-order valence-corrected chi connectivity index (χ1v) is 7.07. The van der Waals surface area contributed by atoms with Crippen molar-refractivity contribution in [3.05, 3.63) is 28.8 Å². The first kappa shape index (κ1) is 13.7. The summed E-state index contributed by atoms with van der Waals surface area (Å²) in [6, 6.07) is 6.47. The lowest BCUT2D eigenvalue weighted by atomic mass is 9.89. The van der Waals surface area contributed by atoms with E-state index < -0.39 is 0 Å². The Balaban J connectivity index is 2.10. The lowest BCUT2D eigenvalue weighted by molar-refractivity contribution is -0.0708. The number of halogens is 1. The van der Waals surface area contributed by atoms with Gasteiger partial charge in [0.2, 0.25) is 0 Å². The van der Waals surface area contributed by atoms with Crippen molar-refractivity contribution in [3.8, 4) is 0 Å². The van der Waals surface area contributed by atoms with Crippen LogP contribution in [0.1, 0.15) is 38.7 Å². The summed E-state index contributed by atoms with van der Waals surface area (Å²) in [6.07, 6.45) is 3.13. The standard InChI is InChI=1S/C15H22ClNO/c1-4-15(3)10-12(8-9-18-15)17-14-11(2)6-5-7-13(14)16/h5-7,12,17H,4,8-10H2,1-3H3. The molecule has 1 aromatic carbocycles. The third-order valence-corrected chi connectivity index (χ3v) is 4.23. The average molecular weight is 268 g/mol. The Labute approximate surface area is 115 Å². The van der Waals surface area contributed by atoms with Gasteiger partial charge < -0.3 is 10.1 Å². The van der Waals surface area contributed by atoms with Gasteiger partial charge in [0.1, 0.15) is 0 Å². The number of para-hydroxylation sites is 1. The van der Waals surface area contributed by atoms with Gasteiger partial charge in [0.25, 0.3) is 0 Å². The Kier molecular flexibility index (Phi) is 4.18. The molecular weight excluding hydrogens is 246 g/mol. The second-order valence-corrected chi connectivity index (χ2v) is 5.82. The summed E-state index contributed by atoms with van der Waals surface area (Å²) in [5, 5.41) is 4.40. The van der Waals surface area contributed by atoms with E-state index in [1.807, 2.05) is 12.1 Å². The van der Waals surface area contributed by atoms with E-state index in [1.165, 1.54) is 5.56 Å². The molecule has 2 nitrogen and oxygen atoms in total. The van der Waals surface area contributed by atoms with Crippen LogP contribution in [0.25, 0.3) is 0 Å². The maximum atomic E-state index is 6.26. The van der Waals surface area contributed by atoms with Crippen LogP contribution in [-0.2, 0) is 4.74 Å². The van der Waals surface area contributed by atoms with Crippen LogP contribution >= 0.6 is 11.6 Å². The van der Waals surface area contributed by atoms with E-state index in [2.05, 4.69) is 32.2 Å². The van der Waals surface area contributed by atoms with Crippen molar-refractivity contribution in [2.24, 2.45) is 0 Å². The molecule has 0 radical (unpaired) electrons. The summed E-state index contributed by atoms with van der Waals surface area (Å²) in [6.45, 7) is 7.29. The molecule has 1 heterocycles. The maximum Gasteiger partial charge on any atom is 0.0671 e. The maximum absolute atomic E-state index is 6.26. The van der Waals surface area contributed by atoms with E-state index in [1.54, 1.807) is 0 Å². The zero-order valence-corrected chi connectivity index (χ0v) is 12.2. The van der Waals surface area contributed by atoms with Crippen molar-refractivity contribution in [2.45, 2.75) is 51.7 Å². The van der Waals surface area contributed by atoms with Crippen molar-refractivity contribution in [1.82, 2.24) is 0 Å². The molecule has 1 N–H and O–H groups in total. The topological polar surface area (TPSA) is 21.3 Å².